The monoisotopic (exact) mass is 497 g/mol. The van der Waals surface area contributed by atoms with E-state index in [1.807, 2.05) is 78.9 Å². The smallest absolute Gasteiger partial charge is 0.267 e. The van der Waals surface area contributed by atoms with E-state index < -0.39 is 0 Å². The molecule has 1 amide bonds. The van der Waals surface area contributed by atoms with Crippen LogP contribution in [0.25, 0.3) is 22.4 Å². The minimum Gasteiger partial charge on any atom is -0.325 e. The molecule has 0 fully saturated rings. The molecule has 7 nitrogen and oxygen atoms in total. The van der Waals surface area contributed by atoms with Gasteiger partial charge in [-0.2, -0.15) is 0 Å². The Hall–Kier alpha value is -3.91. The molecule has 0 bridgehead atoms. The Morgan fingerprint density at radius 3 is 2.61 bits per heavy atom. The van der Waals surface area contributed by atoms with Crippen molar-refractivity contribution in [2.75, 3.05) is 11.1 Å². The molecule has 0 radical (unpaired) electrons. The van der Waals surface area contributed by atoms with E-state index in [0.29, 0.717) is 27.8 Å². The first-order chi connectivity index (χ1) is 17.3. The SMILES string of the molecule is Cc1ccc(C)c(-n2c(=O)c3ccccc3n3c(SCC(=O)Nc4cccc(C(C)C)c4)nnc23)c1. The highest BCUT2D eigenvalue weighted by molar-refractivity contribution is 7.99. The summed E-state index contributed by atoms with van der Waals surface area (Å²) in [7, 11) is 0. The summed E-state index contributed by atoms with van der Waals surface area (Å²) >= 11 is 1.29. The Kier molecular flexibility index (Phi) is 6.36. The number of hydrogen-bond acceptors (Lipinski definition) is 5. The van der Waals surface area contributed by atoms with E-state index in [9.17, 15) is 9.59 Å². The molecule has 0 aliphatic heterocycles. The van der Waals surface area contributed by atoms with E-state index in [-0.39, 0.29) is 17.2 Å². The number of hydrogen-bond donors (Lipinski definition) is 1. The molecule has 0 unspecified atom stereocenters. The van der Waals surface area contributed by atoms with Gasteiger partial charge in [0.15, 0.2) is 5.16 Å². The Bertz CT molecular complexity index is 1670. The summed E-state index contributed by atoms with van der Waals surface area (Å²) in [4.78, 5) is 26.3. The topological polar surface area (TPSA) is 81.3 Å². The molecule has 0 spiro atoms. The fourth-order valence-corrected chi connectivity index (χ4v) is 4.99. The van der Waals surface area contributed by atoms with Crippen molar-refractivity contribution in [1.29, 1.82) is 0 Å². The number of carbonyl (C=O) groups excluding carboxylic acids is 1. The lowest BCUT2D eigenvalue weighted by Crippen LogP contribution is -2.22. The molecule has 1 N–H and O–H groups in total. The highest BCUT2D eigenvalue weighted by atomic mass is 32.2. The van der Waals surface area contributed by atoms with Crippen LogP contribution in [0.5, 0.6) is 0 Å². The summed E-state index contributed by atoms with van der Waals surface area (Å²) in [6.07, 6.45) is 0. The first-order valence-corrected chi connectivity index (χ1v) is 12.8. The number of rotatable bonds is 6. The standard InChI is InChI=1S/C28H27N5O2S/c1-17(2)20-8-7-9-21(15-20)29-25(34)16-36-28-31-30-27-32(24-14-18(3)12-13-19(24)4)26(35)22-10-5-6-11-23(22)33(27)28/h5-15,17H,16H2,1-4H3,(H,29,34). The summed E-state index contributed by atoms with van der Waals surface area (Å²) < 4.78 is 3.47. The molecular formula is C28H27N5O2S. The van der Waals surface area contributed by atoms with Gasteiger partial charge in [0.1, 0.15) is 0 Å². The zero-order valence-corrected chi connectivity index (χ0v) is 21.5. The third-order valence-corrected chi connectivity index (χ3v) is 7.10. The number of anilines is 1. The summed E-state index contributed by atoms with van der Waals surface area (Å²) in [5.74, 6) is 0.815. The lowest BCUT2D eigenvalue weighted by Gasteiger charge is -2.14. The number of nitrogens with zero attached hydrogens (tertiary/aromatic N) is 4. The van der Waals surface area contributed by atoms with Gasteiger partial charge in [-0.3, -0.25) is 14.0 Å². The van der Waals surface area contributed by atoms with Gasteiger partial charge in [0.2, 0.25) is 11.7 Å². The predicted octanol–water partition coefficient (Wildman–Crippen LogP) is 5.50. The molecule has 0 aliphatic rings. The number of aromatic nitrogens is 4. The third-order valence-electron chi connectivity index (χ3n) is 6.17. The second kappa shape index (κ2) is 9.62. The van der Waals surface area contributed by atoms with E-state index in [0.717, 1.165) is 22.5 Å². The molecule has 0 atom stereocenters. The van der Waals surface area contributed by atoms with Gasteiger partial charge in [-0.15, -0.1) is 10.2 Å². The van der Waals surface area contributed by atoms with Gasteiger partial charge in [0.05, 0.1) is 22.3 Å². The van der Waals surface area contributed by atoms with Crippen LogP contribution in [0.1, 0.15) is 36.5 Å². The Morgan fingerprint density at radius 2 is 1.81 bits per heavy atom. The zero-order chi connectivity index (χ0) is 25.4. The van der Waals surface area contributed by atoms with Crippen LogP contribution >= 0.6 is 11.8 Å². The fraction of sp³-hybridized carbons (Fsp3) is 0.214. The molecule has 8 heteroatoms. The maximum atomic E-state index is 13.6. The van der Waals surface area contributed by atoms with Gasteiger partial charge in [-0.25, -0.2) is 4.57 Å². The van der Waals surface area contributed by atoms with Crippen LogP contribution in [-0.4, -0.2) is 30.8 Å². The van der Waals surface area contributed by atoms with Gasteiger partial charge in [-0.05, 0) is 66.8 Å². The van der Waals surface area contributed by atoms with Crippen molar-refractivity contribution >= 4 is 40.0 Å². The van der Waals surface area contributed by atoms with Crippen molar-refractivity contribution in [3.8, 4) is 5.69 Å². The van der Waals surface area contributed by atoms with Crippen molar-refractivity contribution in [3.63, 3.8) is 0 Å². The van der Waals surface area contributed by atoms with E-state index >= 15 is 0 Å². The van der Waals surface area contributed by atoms with Crippen LogP contribution in [0.2, 0.25) is 0 Å². The van der Waals surface area contributed by atoms with Crippen LogP contribution in [0.3, 0.4) is 0 Å². The minimum atomic E-state index is -0.154. The van der Waals surface area contributed by atoms with E-state index in [2.05, 4.69) is 35.4 Å². The molecule has 36 heavy (non-hydrogen) atoms. The normalized spacial score (nSPS) is 11.5. The highest BCUT2D eigenvalue weighted by Crippen LogP contribution is 2.25. The van der Waals surface area contributed by atoms with Crippen LogP contribution in [0.4, 0.5) is 5.69 Å². The zero-order valence-electron chi connectivity index (χ0n) is 20.6. The number of aryl methyl sites for hydroxylation is 2. The Labute approximate surface area is 213 Å². The van der Waals surface area contributed by atoms with Gasteiger partial charge in [-0.1, -0.05) is 62.0 Å². The van der Waals surface area contributed by atoms with Crippen LogP contribution in [-0.2, 0) is 4.79 Å². The summed E-state index contributed by atoms with van der Waals surface area (Å²) in [5.41, 5.74) is 5.26. The number of amides is 1. The number of carbonyl (C=O) groups is 1. The maximum Gasteiger partial charge on any atom is 0.267 e. The molecule has 2 aromatic heterocycles. The molecule has 0 aliphatic carbocycles. The van der Waals surface area contributed by atoms with Gasteiger partial charge < -0.3 is 5.32 Å². The van der Waals surface area contributed by atoms with Crippen LogP contribution < -0.4 is 10.9 Å². The molecule has 5 rings (SSSR count). The van der Waals surface area contributed by atoms with Crippen molar-refractivity contribution < 1.29 is 4.79 Å². The molecular weight excluding hydrogens is 470 g/mol. The van der Waals surface area contributed by atoms with Crippen LogP contribution in [0, 0.1) is 13.8 Å². The summed E-state index contributed by atoms with van der Waals surface area (Å²) in [6, 6.07) is 21.3. The van der Waals surface area contributed by atoms with E-state index in [1.54, 1.807) is 4.57 Å². The van der Waals surface area contributed by atoms with Crippen molar-refractivity contribution in [2.24, 2.45) is 0 Å². The number of thioether (sulfide) groups is 1. The first kappa shape index (κ1) is 23.8. The van der Waals surface area contributed by atoms with Crippen molar-refractivity contribution in [3.05, 3.63) is 93.8 Å². The highest BCUT2D eigenvalue weighted by Gasteiger charge is 2.19. The van der Waals surface area contributed by atoms with Gasteiger partial charge >= 0.3 is 0 Å². The second-order valence-electron chi connectivity index (χ2n) is 9.18. The number of para-hydroxylation sites is 1. The molecule has 182 valence electrons. The average Bonchev–Trinajstić information content (AvgIpc) is 3.29. The summed E-state index contributed by atoms with van der Waals surface area (Å²) in [6.45, 7) is 8.20. The van der Waals surface area contributed by atoms with Gasteiger partial charge in [0, 0.05) is 5.69 Å². The Balaban J connectivity index is 1.53. The molecule has 5 aromatic rings. The predicted molar refractivity (Wildman–Crippen MR) is 145 cm³/mol. The van der Waals surface area contributed by atoms with E-state index in [4.69, 9.17) is 0 Å². The average molecular weight is 498 g/mol. The fourth-order valence-electron chi connectivity index (χ4n) is 4.25. The minimum absolute atomic E-state index is 0.134. The number of fused-ring (bicyclic) bond motifs is 3. The summed E-state index contributed by atoms with van der Waals surface area (Å²) in [5, 5.41) is 12.8. The maximum absolute atomic E-state index is 13.6. The lowest BCUT2D eigenvalue weighted by molar-refractivity contribution is -0.113. The number of benzene rings is 3. The molecule has 3 aromatic carbocycles. The lowest BCUT2D eigenvalue weighted by atomic mass is 10.0. The second-order valence-corrected chi connectivity index (χ2v) is 10.1. The quantitative estimate of drug-likeness (QED) is 0.313. The van der Waals surface area contributed by atoms with Crippen molar-refractivity contribution in [2.45, 2.75) is 38.8 Å². The first-order valence-electron chi connectivity index (χ1n) is 11.8. The Morgan fingerprint density at radius 1 is 1.00 bits per heavy atom. The number of nitrogens with one attached hydrogen (secondary N) is 1. The van der Waals surface area contributed by atoms with Gasteiger partial charge in [0.25, 0.3) is 5.56 Å². The molecule has 0 saturated carbocycles. The largest absolute Gasteiger partial charge is 0.325 e. The third kappa shape index (κ3) is 4.40. The van der Waals surface area contributed by atoms with Crippen molar-refractivity contribution in [1.82, 2.24) is 19.2 Å². The van der Waals surface area contributed by atoms with Crippen LogP contribution in [0.15, 0.2) is 76.7 Å². The molecule has 2 heterocycles. The van der Waals surface area contributed by atoms with E-state index in [1.165, 1.54) is 17.3 Å². The molecule has 0 saturated heterocycles.